The number of amides is 1. The summed E-state index contributed by atoms with van der Waals surface area (Å²) < 4.78 is 14.8. The third-order valence-corrected chi connectivity index (χ3v) is 5.65. The molecule has 0 spiro atoms. The Morgan fingerprint density at radius 3 is 2.62 bits per heavy atom. The van der Waals surface area contributed by atoms with Crippen LogP contribution in [0, 0.1) is 12.8 Å². The van der Waals surface area contributed by atoms with Crippen molar-refractivity contribution in [2.24, 2.45) is 11.7 Å². The number of nitrogens with zero attached hydrogens (tertiary/aromatic N) is 2. The summed E-state index contributed by atoms with van der Waals surface area (Å²) in [4.78, 5) is 16.8. The first-order valence-corrected chi connectivity index (χ1v) is 8.72. The minimum atomic E-state index is -1.42. The maximum absolute atomic E-state index is 13.1. The van der Waals surface area contributed by atoms with Gasteiger partial charge in [-0.3, -0.25) is 9.78 Å². The van der Waals surface area contributed by atoms with E-state index in [1.54, 1.807) is 22.8 Å². The molecule has 0 bridgehead atoms. The molecule has 2 heterocycles. The third kappa shape index (κ3) is 3.02. The van der Waals surface area contributed by atoms with Crippen molar-refractivity contribution in [3.05, 3.63) is 72.1 Å². The van der Waals surface area contributed by atoms with Crippen LogP contribution < -0.4 is 5.73 Å². The Morgan fingerprint density at radius 1 is 1.33 bits per heavy atom. The number of pyridine rings is 1. The fourth-order valence-corrected chi connectivity index (χ4v) is 4.38. The highest BCUT2D eigenvalue weighted by Crippen LogP contribution is 2.41. The van der Waals surface area contributed by atoms with Gasteiger partial charge in [0.2, 0.25) is 5.91 Å². The third-order valence-electron chi connectivity index (χ3n) is 4.19. The first-order valence-electron chi connectivity index (χ1n) is 7.61. The number of nitrogens with two attached hydrogens (primary N) is 1. The van der Waals surface area contributed by atoms with Crippen LogP contribution in [0.3, 0.4) is 0 Å². The number of benzene rings is 1. The smallest absolute Gasteiger partial charge is 0.226 e. The summed E-state index contributed by atoms with van der Waals surface area (Å²) in [6.45, 7) is 6.31. The molecule has 2 N–H and O–H groups in total. The number of carbonyl (C=O) groups is 1. The van der Waals surface area contributed by atoms with Crippen molar-refractivity contribution in [2.45, 2.75) is 17.9 Å². The number of aromatic nitrogens is 1. The van der Waals surface area contributed by atoms with Crippen molar-refractivity contribution in [1.29, 1.82) is 0 Å². The minimum Gasteiger partial charge on any atom is -0.369 e. The molecule has 3 atom stereocenters. The SMILES string of the molecule is C=C1CN(S(=O)c2ccc(C)cc2)[C@@H](c2cccnc2)[C@@H]1C(N)=O. The van der Waals surface area contributed by atoms with Crippen LogP contribution in [0.25, 0.3) is 0 Å². The molecule has 1 aliphatic rings. The van der Waals surface area contributed by atoms with Crippen LogP contribution in [0.4, 0.5) is 0 Å². The molecule has 0 aliphatic carbocycles. The molecule has 2 aromatic rings. The highest BCUT2D eigenvalue weighted by Gasteiger charge is 2.44. The number of aryl methyl sites for hydroxylation is 1. The molecule has 0 radical (unpaired) electrons. The van der Waals surface area contributed by atoms with Crippen molar-refractivity contribution in [3.8, 4) is 0 Å². The Balaban J connectivity index is 2.01. The van der Waals surface area contributed by atoms with E-state index in [9.17, 15) is 9.00 Å². The van der Waals surface area contributed by atoms with Crippen LogP contribution in [0.5, 0.6) is 0 Å². The summed E-state index contributed by atoms with van der Waals surface area (Å²) in [6, 6.07) is 10.8. The lowest BCUT2D eigenvalue weighted by Gasteiger charge is -2.25. The molecule has 1 aromatic heterocycles. The monoisotopic (exact) mass is 341 g/mol. The molecular weight excluding hydrogens is 322 g/mol. The zero-order chi connectivity index (χ0) is 17.3. The van der Waals surface area contributed by atoms with Gasteiger partial charge in [-0.1, -0.05) is 30.3 Å². The van der Waals surface area contributed by atoms with E-state index in [0.29, 0.717) is 17.0 Å². The molecule has 3 rings (SSSR count). The molecular formula is C18H19N3O2S. The standard InChI is InChI=1S/C18H19N3O2S/c1-12-5-7-15(8-6-12)24(23)21-11-13(2)16(18(19)22)17(21)14-4-3-9-20-10-14/h3-10,16-17H,2,11H2,1H3,(H2,19,22)/t16-,17+,24?/m1/s1. The maximum atomic E-state index is 13.1. The Labute approximate surface area is 143 Å². The quantitative estimate of drug-likeness (QED) is 0.866. The van der Waals surface area contributed by atoms with Gasteiger partial charge in [0.15, 0.2) is 0 Å². The maximum Gasteiger partial charge on any atom is 0.226 e. The lowest BCUT2D eigenvalue weighted by molar-refractivity contribution is -0.121. The number of rotatable bonds is 4. The normalized spacial score (nSPS) is 22.5. The Kier molecular flexibility index (Phi) is 4.59. The fraction of sp³-hybridized carbons (Fsp3) is 0.222. The van der Waals surface area contributed by atoms with E-state index in [2.05, 4.69) is 11.6 Å². The predicted octanol–water partition coefficient (Wildman–Crippen LogP) is 2.13. The van der Waals surface area contributed by atoms with Crippen LogP contribution in [0.1, 0.15) is 17.2 Å². The summed E-state index contributed by atoms with van der Waals surface area (Å²) in [7, 11) is -1.42. The molecule has 1 unspecified atom stereocenters. The zero-order valence-electron chi connectivity index (χ0n) is 13.4. The molecule has 24 heavy (non-hydrogen) atoms. The van der Waals surface area contributed by atoms with Crippen molar-refractivity contribution < 1.29 is 9.00 Å². The van der Waals surface area contributed by atoms with Gasteiger partial charge in [0.25, 0.3) is 0 Å². The summed E-state index contributed by atoms with van der Waals surface area (Å²) >= 11 is 0. The molecule has 0 saturated carbocycles. The van der Waals surface area contributed by atoms with E-state index in [1.165, 1.54) is 0 Å². The van der Waals surface area contributed by atoms with Crippen LogP contribution in [-0.4, -0.2) is 26.0 Å². The number of hydrogen-bond donors (Lipinski definition) is 1. The topological polar surface area (TPSA) is 76.3 Å². The number of carbonyl (C=O) groups excluding carboxylic acids is 1. The molecule has 1 fully saturated rings. The summed E-state index contributed by atoms with van der Waals surface area (Å²) in [5, 5.41) is 0. The first kappa shape index (κ1) is 16.5. The van der Waals surface area contributed by atoms with Crippen molar-refractivity contribution >= 4 is 16.9 Å². The van der Waals surface area contributed by atoms with Gasteiger partial charge in [0.1, 0.15) is 11.0 Å². The first-order chi connectivity index (χ1) is 11.5. The average Bonchev–Trinajstić information content (AvgIpc) is 2.93. The Hall–Kier alpha value is -2.31. The van der Waals surface area contributed by atoms with Gasteiger partial charge in [-0.2, -0.15) is 0 Å². The molecule has 1 aromatic carbocycles. The Bertz CT molecular complexity index is 790. The second-order valence-corrected chi connectivity index (χ2v) is 7.35. The van der Waals surface area contributed by atoms with Crippen molar-refractivity contribution in [1.82, 2.24) is 9.29 Å². The van der Waals surface area contributed by atoms with E-state index in [4.69, 9.17) is 5.73 Å². The van der Waals surface area contributed by atoms with Gasteiger partial charge >= 0.3 is 0 Å². The van der Waals surface area contributed by atoms with Gasteiger partial charge in [-0.05, 0) is 36.3 Å². The second-order valence-electron chi connectivity index (χ2n) is 5.91. The second kappa shape index (κ2) is 6.67. The molecule has 5 nitrogen and oxygen atoms in total. The average molecular weight is 341 g/mol. The zero-order valence-corrected chi connectivity index (χ0v) is 14.2. The van der Waals surface area contributed by atoms with Gasteiger partial charge in [-0.25, -0.2) is 8.51 Å². The van der Waals surface area contributed by atoms with Gasteiger partial charge in [-0.15, -0.1) is 0 Å². The molecule has 6 heteroatoms. The van der Waals surface area contributed by atoms with E-state index < -0.39 is 28.9 Å². The van der Waals surface area contributed by atoms with Crippen molar-refractivity contribution in [3.63, 3.8) is 0 Å². The van der Waals surface area contributed by atoms with Gasteiger partial charge in [0, 0.05) is 18.9 Å². The summed E-state index contributed by atoms with van der Waals surface area (Å²) in [5.74, 6) is -1.04. The lowest BCUT2D eigenvalue weighted by atomic mass is 9.92. The summed E-state index contributed by atoms with van der Waals surface area (Å²) in [6.07, 6.45) is 3.34. The van der Waals surface area contributed by atoms with Crippen LogP contribution >= 0.6 is 0 Å². The van der Waals surface area contributed by atoms with E-state index >= 15 is 0 Å². The van der Waals surface area contributed by atoms with E-state index in [1.807, 2.05) is 37.3 Å². The van der Waals surface area contributed by atoms with Crippen LogP contribution in [0.2, 0.25) is 0 Å². The van der Waals surface area contributed by atoms with Gasteiger partial charge in [0.05, 0.1) is 16.9 Å². The lowest BCUT2D eigenvalue weighted by Crippen LogP contribution is -2.33. The largest absolute Gasteiger partial charge is 0.369 e. The highest BCUT2D eigenvalue weighted by molar-refractivity contribution is 7.82. The fourth-order valence-electron chi connectivity index (χ4n) is 3.00. The van der Waals surface area contributed by atoms with Crippen LogP contribution in [-0.2, 0) is 15.8 Å². The minimum absolute atomic E-state index is 0.355. The Morgan fingerprint density at radius 2 is 2.04 bits per heavy atom. The molecule has 1 amide bonds. The van der Waals surface area contributed by atoms with Gasteiger partial charge < -0.3 is 5.73 Å². The van der Waals surface area contributed by atoms with E-state index in [-0.39, 0.29) is 0 Å². The summed E-state index contributed by atoms with van der Waals surface area (Å²) in [5.41, 5.74) is 8.17. The van der Waals surface area contributed by atoms with Crippen molar-refractivity contribution in [2.75, 3.05) is 6.54 Å². The number of hydrogen-bond acceptors (Lipinski definition) is 3. The number of primary amides is 1. The molecule has 1 aliphatic heterocycles. The van der Waals surface area contributed by atoms with E-state index in [0.717, 1.165) is 11.1 Å². The molecule has 1 saturated heterocycles. The van der Waals surface area contributed by atoms with Crippen LogP contribution in [0.15, 0.2) is 65.8 Å². The molecule has 124 valence electrons. The highest BCUT2D eigenvalue weighted by atomic mass is 32.2. The predicted molar refractivity (Wildman–Crippen MR) is 93.1 cm³/mol.